The van der Waals surface area contributed by atoms with Crippen LogP contribution in [-0.4, -0.2) is 25.7 Å². The number of fused-ring (bicyclic) bond motifs is 1. The van der Waals surface area contributed by atoms with Crippen molar-refractivity contribution in [2.45, 2.75) is 32.4 Å². The van der Waals surface area contributed by atoms with E-state index in [1.165, 1.54) is 11.3 Å². The predicted molar refractivity (Wildman–Crippen MR) is 158 cm³/mol. The number of rotatable bonds is 7. The van der Waals surface area contributed by atoms with Crippen LogP contribution >= 0.6 is 11.3 Å². The Balaban J connectivity index is 1.67. The van der Waals surface area contributed by atoms with Gasteiger partial charge in [0.1, 0.15) is 17.2 Å². The smallest absolute Gasteiger partial charge is 0.344 e. The van der Waals surface area contributed by atoms with Crippen molar-refractivity contribution in [2.75, 3.05) is 19.5 Å². The minimum absolute atomic E-state index is 0.198. The van der Waals surface area contributed by atoms with Gasteiger partial charge in [-0.25, -0.2) is 4.79 Å². The molecule has 0 amide bonds. The number of ether oxygens (including phenoxy) is 3. The predicted octanol–water partition coefficient (Wildman–Crippen LogP) is 7.31. The summed E-state index contributed by atoms with van der Waals surface area (Å²) in [5.41, 5.74) is 14.2. The topological polar surface area (TPSA) is 82.8 Å². The number of benzene rings is 3. The molecule has 1 unspecified atom stereocenters. The van der Waals surface area contributed by atoms with Gasteiger partial charge in [0.2, 0.25) is 0 Å². The number of carbonyl (C=O) groups is 1. The summed E-state index contributed by atoms with van der Waals surface area (Å²) in [5, 5.41) is 7.25. The highest BCUT2D eigenvalue weighted by atomic mass is 32.1. The Bertz CT molecular complexity index is 1560. The summed E-state index contributed by atoms with van der Waals surface area (Å²) in [6.45, 7) is 6.41. The Kier molecular flexibility index (Phi) is 7.21. The molecular weight excluding hydrogens is 508 g/mol. The third kappa shape index (κ3) is 5.15. The van der Waals surface area contributed by atoms with Crippen LogP contribution in [0.5, 0.6) is 17.2 Å². The van der Waals surface area contributed by atoms with Gasteiger partial charge >= 0.3 is 5.97 Å². The molecule has 3 aromatic carbocycles. The summed E-state index contributed by atoms with van der Waals surface area (Å²) in [6.07, 6.45) is 2.22. The van der Waals surface area contributed by atoms with Crippen LogP contribution < -0.4 is 25.3 Å². The quantitative estimate of drug-likeness (QED) is 0.189. The van der Waals surface area contributed by atoms with Crippen molar-refractivity contribution in [3.8, 4) is 28.4 Å². The molecule has 1 atom stereocenters. The first kappa shape index (κ1) is 26.5. The van der Waals surface area contributed by atoms with E-state index in [1.807, 2.05) is 35.7 Å². The average Bonchev–Trinajstić information content (AvgIpc) is 3.47. The third-order valence-electron chi connectivity index (χ3n) is 6.89. The zero-order valence-electron chi connectivity index (χ0n) is 22.7. The molecule has 6 nitrogen and oxygen atoms in total. The number of allylic oxidation sites excluding steroid dienone is 1. The number of hydrogen-bond acceptors (Lipinski definition) is 7. The summed E-state index contributed by atoms with van der Waals surface area (Å²) in [6, 6.07) is 18.7. The molecule has 0 spiro atoms. The average molecular weight is 541 g/mol. The highest BCUT2D eigenvalue weighted by Crippen LogP contribution is 2.47. The lowest BCUT2D eigenvalue weighted by Crippen LogP contribution is -2.32. The zero-order valence-corrected chi connectivity index (χ0v) is 23.5. The number of anilines is 1. The van der Waals surface area contributed by atoms with Crippen molar-refractivity contribution >= 4 is 28.6 Å². The van der Waals surface area contributed by atoms with Gasteiger partial charge in [0, 0.05) is 33.8 Å². The van der Waals surface area contributed by atoms with Crippen LogP contribution in [-0.2, 0) is 0 Å². The lowest BCUT2D eigenvalue weighted by molar-refractivity contribution is 0.0735. The first-order valence-electron chi connectivity index (χ1n) is 12.7. The summed E-state index contributed by atoms with van der Waals surface area (Å²) in [7, 11) is 3.26. The SMILES string of the molecule is COc1cc(OC(=O)c2ccsc2)ccc1-c1ccc2c(c1C(N)c1ccccc1OC)C(C)=CC(C)(C)N2. The van der Waals surface area contributed by atoms with Crippen LogP contribution in [0.25, 0.3) is 16.7 Å². The van der Waals surface area contributed by atoms with E-state index in [0.717, 1.165) is 44.8 Å². The van der Waals surface area contributed by atoms with Gasteiger partial charge in [-0.2, -0.15) is 11.3 Å². The minimum atomic E-state index is -0.488. The normalized spacial score (nSPS) is 14.5. The van der Waals surface area contributed by atoms with E-state index in [4.69, 9.17) is 19.9 Å². The highest BCUT2D eigenvalue weighted by molar-refractivity contribution is 7.08. The maximum atomic E-state index is 12.5. The Morgan fingerprint density at radius 3 is 2.44 bits per heavy atom. The molecule has 3 N–H and O–H groups in total. The van der Waals surface area contributed by atoms with Crippen LogP contribution in [0.15, 0.2) is 77.5 Å². The van der Waals surface area contributed by atoms with E-state index in [2.05, 4.69) is 44.3 Å². The van der Waals surface area contributed by atoms with Gasteiger partial charge in [-0.3, -0.25) is 0 Å². The first-order chi connectivity index (χ1) is 18.7. The molecule has 0 saturated heterocycles. The van der Waals surface area contributed by atoms with Crippen LogP contribution in [0.4, 0.5) is 5.69 Å². The maximum absolute atomic E-state index is 12.5. The maximum Gasteiger partial charge on any atom is 0.344 e. The van der Waals surface area contributed by atoms with Crippen LogP contribution in [0.2, 0.25) is 0 Å². The standard InChI is InChI=1S/C32H32N2O4S/c1-19-17-32(2,3)34-25-13-12-23(29(28(19)25)30(33)24-8-6-7-9-26(24)36-4)22-11-10-21(16-27(22)37-5)38-31(35)20-14-15-39-18-20/h6-18,30,34H,33H2,1-5H3. The van der Waals surface area contributed by atoms with E-state index in [0.29, 0.717) is 17.1 Å². The van der Waals surface area contributed by atoms with Gasteiger partial charge in [0.25, 0.3) is 0 Å². The monoisotopic (exact) mass is 540 g/mol. The molecule has 1 aliphatic rings. The van der Waals surface area contributed by atoms with Gasteiger partial charge in [0.15, 0.2) is 0 Å². The number of esters is 1. The van der Waals surface area contributed by atoms with E-state index in [-0.39, 0.29) is 5.54 Å². The second-order valence-electron chi connectivity index (χ2n) is 10.1. The number of nitrogens with two attached hydrogens (primary N) is 1. The second-order valence-corrected chi connectivity index (χ2v) is 10.9. The Morgan fingerprint density at radius 1 is 0.974 bits per heavy atom. The van der Waals surface area contributed by atoms with E-state index >= 15 is 0 Å². The van der Waals surface area contributed by atoms with Crippen LogP contribution in [0.3, 0.4) is 0 Å². The highest BCUT2D eigenvalue weighted by Gasteiger charge is 2.30. The largest absolute Gasteiger partial charge is 0.496 e. The van der Waals surface area contributed by atoms with E-state index in [1.54, 1.807) is 37.8 Å². The molecule has 0 aliphatic carbocycles. The summed E-state index contributed by atoms with van der Waals surface area (Å²) in [4.78, 5) is 12.5. The van der Waals surface area contributed by atoms with Crippen molar-refractivity contribution in [1.29, 1.82) is 0 Å². The Hall–Kier alpha value is -4.07. The van der Waals surface area contributed by atoms with Gasteiger partial charge in [-0.05, 0) is 73.2 Å². The fourth-order valence-electron chi connectivity index (χ4n) is 5.29. The lowest BCUT2D eigenvalue weighted by atomic mass is 9.81. The molecule has 7 heteroatoms. The van der Waals surface area contributed by atoms with Gasteiger partial charge in [0.05, 0.1) is 31.4 Å². The number of hydrogen-bond donors (Lipinski definition) is 2. The molecule has 1 aliphatic heterocycles. The van der Waals surface area contributed by atoms with Gasteiger partial charge < -0.3 is 25.3 Å². The first-order valence-corrected chi connectivity index (χ1v) is 13.6. The third-order valence-corrected chi connectivity index (χ3v) is 7.57. The molecule has 0 radical (unpaired) electrons. The van der Waals surface area contributed by atoms with Gasteiger partial charge in [-0.1, -0.05) is 30.3 Å². The second kappa shape index (κ2) is 10.6. The number of para-hydroxylation sites is 1. The number of carbonyl (C=O) groups excluding carboxylic acids is 1. The van der Waals surface area contributed by atoms with Crippen molar-refractivity contribution in [2.24, 2.45) is 5.73 Å². The molecule has 2 heterocycles. The van der Waals surface area contributed by atoms with E-state index in [9.17, 15) is 4.79 Å². The van der Waals surface area contributed by atoms with Crippen molar-refractivity contribution < 1.29 is 19.0 Å². The van der Waals surface area contributed by atoms with Crippen LogP contribution in [0, 0.1) is 0 Å². The molecule has 39 heavy (non-hydrogen) atoms. The molecule has 0 saturated carbocycles. The van der Waals surface area contributed by atoms with E-state index < -0.39 is 12.0 Å². The summed E-state index contributed by atoms with van der Waals surface area (Å²) >= 11 is 1.45. The molecule has 0 fully saturated rings. The summed E-state index contributed by atoms with van der Waals surface area (Å²) < 4.78 is 17.1. The minimum Gasteiger partial charge on any atom is -0.496 e. The van der Waals surface area contributed by atoms with Crippen molar-refractivity contribution in [3.63, 3.8) is 0 Å². The fourth-order valence-corrected chi connectivity index (χ4v) is 5.91. The molecule has 5 rings (SSSR count). The zero-order chi connectivity index (χ0) is 27.7. The molecule has 1 aromatic heterocycles. The molecule has 4 aromatic rings. The molecule has 200 valence electrons. The van der Waals surface area contributed by atoms with Crippen LogP contribution in [0.1, 0.15) is 53.9 Å². The summed E-state index contributed by atoms with van der Waals surface area (Å²) in [5.74, 6) is 1.29. The number of methoxy groups -OCH3 is 2. The Morgan fingerprint density at radius 2 is 1.72 bits per heavy atom. The molecule has 0 bridgehead atoms. The lowest BCUT2D eigenvalue weighted by Gasteiger charge is -2.35. The van der Waals surface area contributed by atoms with Crippen molar-refractivity contribution in [1.82, 2.24) is 0 Å². The van der Waals surface area contributed by atoms with Gasteiger partial charge in [-0.15, -0.1) is 0 Å². The van der Waals surface area contributed by atoms with Crippen molar-refractivity contribution in [3.05, 3.63) is 99.8 Å². The Labute approximate surface area is 233 Å². The molecular formula is C32H32N2O4S. The number of thiophene rings is 1. The number of nitrogens with one attached hydrogen (secondary N) is 1. The fraction of sp³-hybridized carbons (Fsp3) is 0.219.